The zero-order chi connectivity index (χ0) is 19.6. The number of carboxylic acids is 1. The number of hydrogen-bond donors (Lipinski definition) is 2. The van der Waals surface area contributed by atoms with Gasteiger partial charge in [0.2, 0.25) is 0 Å². The zero-order valence-corrected chi connectivity index (χ0v) is 15.5. The van der Waals surface area contributed by atoms with Crippen molar-refractivity contribution in [1.82, 2.24) is 5.32 Å². The number of ketones is 1. The monoisotopic (exact) mass is 361 g/mol. The molecule has 0 radical (unpaired) electrons. The first-order valence-electron chi connectivity index (χ1n) is 8.63. The molecule has 1 aromatic rings. The molecule has 6 nitrogen and oxygen atoms in total. The largest absolute Gasteiger partial charge is 0.481 e. The summed E-state index contributed by atoms with van der Waals surface area (Å²) in [6.45, 7) is 5.26. The fraction of sp³-hybridized carbons (Fsp3) is 0.450. The lowest BCUT2D eigenvalue weighted by molar-refractivity contribution is -0.137. The van der Waals surface area contributed by atoms with Crippen LogP contribution in [0.25, 0.3) is 0 Å². The number of amides is 1. The second kappa shape index (κ2) is 10.4. The van der Waals surface area contributed by atoms with Gasteiger partial charge in [-0.2, -0.15) is 0 Å². The maximum absolute atomic E-state index is 12.5. The van der Waals surface area contributed by atoms with Crippen LogP contribution in [0.5, 0.6) is 0 Å². The predicted octanol–water partition coefficient (Wildman–Crippen LogP) is 3.50. The third-order valence-electron chi connectivity index (χ3n) is 3.36. The maximum Gasteiger partial charge on any atom is 0.408 e. The molecule has 1 amide bonds. The number of benzene rings is 1. The van der Waals surface area contributed by atoms with Crippen LogP contribution in [0, 0.1) is 0 Å². The number of alkyl carbamates (subject to hydrolysis) is 1. The molecule has 0 saturated heterocycles. The van der Waals surface area contributed by atoms with Crippen LogP contribution in [0.1, 0.15) is 45.6 Å². The quantitative estimate of drug-likeness (QED) is 0.519. The van der Waals surface area contributed by atoms with Crippen molar-refractivity contribution in [2.24, 2.45) is 0 Å². The molecule has 1 aromatic carbocycles. The summed E-state index contributed by atoms with van der Waals surface area (Å²) in [6.07, 6.45) is 3.74. The van der Waals surface area contributed by atoms with Gasteiger partial charge in [0.25, 0.3) is 0 Å². The summed E-state index contributed by atoms with van der Waals surface area (Å²) < 4.78 is 5.23. The molecule has 26 heavy (non-hydrogen) atoms. The molecule has 1 rings (SSSR count). The van der Waals surface area contributed by atoms with Gasteiger partial charge in [-0.3, -0.25) is 9.59 Å². The third kappa shape index (κ3) is 9.61. The minimum atomic E-state index is -0.863. The molecule has 0 spiro atoms. The molecule has 142 valence electrons. The van der Waals surface area contributed by atoms with Crippen molar-refractivity contribution in [3.8, 4) is 0 Å². The molecular weight excluding hydrogens is 334 g/mol. The van der Waals surface area contributed by atoms with Crippen LogP contribution in [-0.4, -0.2) is 34.6 Å². The Labute approximate surface area is 154 Å². The lowest BCUT2D eigenvalue weighted by Gasteiger charge is -2.22. The average molecular weight is 361 g/mol. The SMILES string of the molecule is CC(C)(C)OC(=O)N[C@@H](Cc1ccccc1)C(=O)C=CCCCC(=O)O. The van der Waals surface area contributed by atoms with E-state index in [1.54, 1.807) is 26.8 Å². The number of unbranched alkanes of at least 4 members (excludes halogenated alkanes) is 1. The number of carboxylic acid groups (broad SMARTS) is 1. The zero-order valence-electron chi connectivity index (χ0n) is 15.5. The van der Waals surface area contributed by atoms with E-state index in [-0.39, 0.29) is 12.2 Å². The Bertz CT molecular complexity index is 631. The van der Waals surface area contributed by atoms with Crippen molar-refractivity contribution in [3.63, 3.8) is 0 Å². The summed E-state index contributed by atoms with van der Waals surface area (Å²) in [5.41, 5.74) is 0.262. The summed E-state index contributed by atoms with van der Waals surface area (Å²) in [7, 11) is 0. The highest BCUT2D eigenvalue weighted by Crippen LogP contribution is 2.09. The first-order valence-corrected chi connectivity index (χ1v) is 8.63. The van der Waals surface area contributed by atoms with Gasteiger partial charge in [-0.05, 0) is 45.3 Å². The van der Waals surface area contributed by atoms with E-state index < -0.39 is 23.7 Å². The van der Waals surface area contributed by atoms with Crippen LogP contribution >= 0.6 is 0 Å². The minimum absolute atomic E-state index is 0.0577. The summed E-state index contributed by atoms with van der Waals surface area (Å²) in [5.74, 6) is -1.12. The molecule has 0 aromatic heterocycles. The van der Waals surface area contributed by atoms with E-state index in [1.165, 1.54) is 6.08 Å². The lowest BCUT2D eigenvalue weighted by atomic mass is 10.0. The Morgan fingerprint density at radius 3 is 2.42 bits per heavy atom. The van der Waals surface area contributed by atoms with Crippen LogP contribution in [0.2, 0.25) is 0 Å². The number of ether oxygens (including phenoxy) is 1. The summed E-state index contributed by atoms with van der Waals surface area (Å²) in [4.78, 5) is 35.0. The number of nitrogens with one attached hydrogen (secondary N) is 1. The molecule has 6 heteroatoms. The van der Waals surface area contributed by atoms with Crippen molar-refractivity contribution in [2.45, 2.75) is 58.1 Å². The number of allylic oxidation sites excluding steroid dienone is 1. The van der Waals surface area contributed by atoms with Crippen LogP contribution in [0.15, 0.2) is 42.5 Å². The molecule has 0 aliphatic carbocycles. The van der Waals surface area contributed by atoms with Gasteiger partial charge in [-0.15, -0.1) is 0 Å². The topological polar surface area (TPSA) is 92.7 Å². The number of hydrogen-bond acceptors (Lipinski definition) is 4. The number of carbonyl (C=O) groups excluding carboxylic acids is 2. The highest BCUT2D eigenvalue weighted by Gasteiger charge is 2.23. The molecule has 0 heterocycles. The van der Waals surface area contributed by atoms with E-state index in [1.807, 2.05) is 30.3 Å². The van der Waals surface area contributed by atoms with Crippen molar-refractivity contribution >= 4 is 17.8 Å². The number of rotatable bonds is 9. The van der Waals surface area contributed by atoms with Crippen molar-refractivity contribution in [2.75, 3.05) is 0 Å². The van der Waals surface area contributed by atoms with Gasteiger partial charge in [0.05, 0.1) is 6.04 Å². The van der Waals surface area contributed by atoms with E-state index in [4.69, 9.17) is 9.84 Å². The number of carbonyl (C=O) groups is 3. The van der Waals surface area contributed by atoms with Gasteiger partial charge in [-0.25, -0.2) is 4.79 Å². The predicted molar refractivity (Wildman–Crippen MR) is 98.9 cm³/mol. The van der Waals surface area contributed by atoms with Crippen LogP contribution in [0.4, 0.5) is 4.79 Å². The fourth-order valence-electron chi connectivity index (χ4n) is 2.21. The Morgan fingerprint density at radius 1 is 1.19 bits per heavy atom. The van der Waals surface area contributed by atoms with E-state index in [2.05, 4.69) is 5.32 Å². The van der Waals surface area contributed by atoms with Gasteiger partial charge < -0.3 is 15.2 Å². The Morgan fingerprint density at radius 2 is 1.85 bits per heavy atom. The smallest absolute Gasteiger partial charge is 0.408 e. The van der Waals surface area contributed by atoms with Crippen molar-refractivity contribution < 1.29 is 24.2 Å². The first kappa shape index (κ1) is 21.4. The first-order chi connectivity index (χ1) is 12.2. The summed E-state index contributed by atoms with van der Waals surface area (Å²) >= 11 is 0. The van der Waals surface area contributed by atoms with Gasteiger partial charge >= 0.3 is 12.1 Å². The van der Waals surface area contributed by atoms with E-state index in [9.17, 15) is 14.4 Å². The van der Waals surface area contributed by atoms with Gasteiger partial charge in [0.15, 0.2) is 5.78 Å². The van der Waals surface area contributed by atoms with E-state index >= 15 is 0 Å². The molecule has 1 atom stereocenters. The lowest BCUT2D eigenvalue weighted by Crippen LogP contribution is -2.44. The minimum Gasteiger partial charge on any atom is -0.481 e. The van der Waals surface area contributed by atoms with Crippen molar-refractivity contribution in [1.29, 1.82) is 0 Å². The van der Waals surface area contributed by atoms with Gasteiger partial charge in [0, 0.05) is 12.8 Å². The Balaban J connectivity index is 2.72. The molecule has 0 aliphatic rings. The molecular formula is C20H27NO5. The normalized spacial score (nSPS) is 12.6. The molecule has 0 bridgehead atoms. The van der Waals surface area contributed by atoms with Gasteiger partial charge in [-0.1, -0.05) is 36.4 Å². The Hall–Kier alpha value is -2.63. The van der Waals surface area contributed by atoms with Gasteiger partial charge in [0.1, 0.15) is 5.60 Å². The van der Waals surface area contributed by atoms with Crippen molar-refractivity contribution in [3.05, 3.63) is 48.0 Å². The number of aliphatic carboxylic acids is 1. The maximum atomic E-state index is 12.5. The molecule has 0 aliphatic heterocycles. The average Bonchev–Trinajstić information content (AvgIpc) is 2.52. The van der Waals surface area contributed by atoms with E-state index in [0.717, 1.165) is 5.56 Å². The molecule has 0 unspecified atom stereocenters. The summed E-state index contributed by atoms with van der Waals surface area (Å²) in [6, 6.07) is 8.63. The van der Waals surface area contributed by atoms with E-state index in [0.29, 0.717) is 19.3 Å². The Kier molecular flexibility index (Phi) is 8.55. The highest BCUT2D eigenvalue weighted by molar-refractivity contribution is 5.96. The summed E-state index contributed by atoms with van der Waals surface area (Å²) in [5, 5.41) is 11.2. The third-order valence-corrected chi connectivity index (χ3v) is 3.36. The second-order valence-corrected chi connectivity index (χ2v) is 6.98. The standard InChI is InChI=1S/C20H27NO5/c1-20(2,3)26-19(25)21-16(14-15-10-6-4-7-11-15)17(22)12-8-5-9-13-18(23)24/h4,6-8,10-12,16H,5,9,13-14H2,1-3H3,(H,21,25)(H,23,24)/t16-/m0/s1. The van der Waals surface area contributed by atoms with Crippen LogP contribution in [0.3, 0.4) is 0 Å². The second-order valence-electron chi connectivity index (χ2n) is 6.98. The molecule has 2 N–H and O–H groups in total. The van der Waals surface area contributed by atoms with Crippen LogP contribution < -0.4 is 5.32 Å². The highest BCUT2D eigenvalue weighted by atomic mass is 16.6. The molecule has 0 fully saturated rings. The molecule has 0 saturated carbocycles. The van der Waals surface area contributed by atoms with Crippen LogP contribution in [-0.2, 0) is 20.7 Å². The fourth-order valence-corrected chi connectivity index (χ4v) is 2.21.